The van der Waals surface area contributed by atoms with E-state index in [0.717, 1.165) is 12.1 Å². The molecule has 0 amide bonds. The van der Waals surface area contributed by atoms with Gasteiger partial charge in [-0.1, -0.05) is 17.7 Å². The molecule has 18 heavy (non-hydrogen) atoms. The average Bonchev–Trinajstić information content (AvgIpc) is 2.30. The van der Waals surface area contributed by atoms with Crippen LogP contribution in [0.1, 0.15) is 0 Å². The van der Waals surface area contributed by atoms with Crippen LogP contribution in [0.4, 0.5) is 25.8 Å². The first kappa shape index (κ1) is 13.1. The van der Waals surface area contributed by atoms with Gasteiger partial charge in [0.2, 0.25) is 0 Å². The van der Waals surface area contributed by atoms with Gasteiger partial charge in [0.15, 0.2) is 0 Å². The minimum atomic E-state index is -0.609. The van der Waals surface area contributed by atoms with Crippen LogP contribution in [0.3, 0.4) is 0 Å². The van der Waals surface area contributed by atoms with Gasteiger partial charge < -0.3 is 11.1 Å². The molecule has 0 saturated carbocycles. The Labute approximate surface area is 116 Å². The average molecular weight is 334 g/mol. The summed E-state index contributed by atoms with van der Waals surface area (Å²) < 4.78 is 27.0. The maximum Gasteiger partial charge on any atom is 0.147 e. The number of hydrogen-bond acceptors (Lipinski definition) is 2. The molecule has 0 aliphatic heterocycles. The molecule has 3 N–H and O–H groups in total. The Hall–Kier alpha value is -1.33. The summed E-state index contributed by atoms with van der Waals surface area (Å²) in [5.74, 6) is -1.19. The van der Waals surface area contributed by atoms with Crippen molar-refractivity contribution in [1.82, 2.24) is 0 Å². The van der Waals surface area contributed by atoms with Gasteiger partial charge in [-0.15, -0.1) is 0 Å². The van der Waals surface area contributed by atoms with E-state index in [0.29, 0.717) is 16.4 Å². The second-order valence-electron chi connectivity index (χ2n) is 3.58. The number of anilines is 3. The van der Waals surface area contributed by atoms with E-state index < -0.39 is 11.6 Å². The van der Waals surface area contributed by atoms with Gasteiger partial charge in [0, 0.05) is 6.07 Å². The molecule has 0 saturated heterocycles. The molecule has 2 aromatic carbocycles. The summed E-state index contributed by atoms with van der Waals surface area (Å²) in [6, 6.07) is 6.95. The highest BCUT2D eigenvalue weighted by molar-refractivity contribution is 9.10. The summed E-state index contributed by atoms with van der Waals surface area (Å²) in [5, 5.41) is 3.02. The first-order valence-corrected chi connectivity index (χ1v) is 6.11. The van der Waals surface area contributed by atoms with E-state index in [2.05, 4.69) is 21.2 Å². The first-order valence-electron chi connectivity index (χ1n) is 4.94. The predicted molar refractivity (Wildman–Crippen MR) is 73.2 cm³/mol. The summed E-state index contributed by atoms with van der Waals surface area (Å²) in [5.41, 5.74) is 6.38. The van der Waals surface area contributed by atoms with E-state index in [4.69, 9.17) is 17.3 Å². The number of benzene rings is 2. The van der Waals surface area contributed by atoms with Crippen molar-refractivity contribution in [1.29, 1.82) is 0 Å². The van der Waals surface area contributed by atoms with Crippen LogP contribution in [-0.4, -0.2) is 0 Å². The van der Waals surface area contributed by atoms with Crippen molar-refractivity contribution in [3.05, 3.63) is 51.5 Å². The van der Waals surface area contributed by atoms with Gasteiger partial charge in [0.25, 0.3) is 0 Å². The molecule has 0 bridgehead atoms. The molecule has 0 aliphatic rings. The molecule has 2 rings (SSSR count). The Bertz CT molecular complexity index is 585. The number of rotatable bonds is 2. The third kappa shape index (κ3) is 2.57. The van der Waals surface area contributed by atoms with Gasteiger partial charge in [-0.25, -0.2) is 8.78 Å². The monoisotopic (exact) mass is 332 g/mol. The maximum atomic E-state index is 13.6. The minimum absolute atomic E-state index is 0.0319. The van der Waals surface area contributed by atoms with Gasteiger partial charge in [0.05, 0.1) is 26.6 Å². The lowest BCUT2D eigenvalue weighted by atomic mass is 10.2. The Morgan fingerprint density at radius 2 is 1.89 bits per heavy atom. The zero-order valence-electron chi connectivity index (χ0n) is 8.98. The van der Waals surface area contributed by atoms with Crippen LogP contribution in [-0.2, 0) is 0 Å². The summed E-state index contributed by atoms with van der Waals surface area (Å²) in [6.45, 7) is 0. The molecule has 0 spiro atoms. The van der Waals surface area contributed by atoms with Crippen molar-refractivity contribution in [2.45, 2.75) is 0 Å². The van der Waals surface area contributed by atoms with Crippen LogP contribution in [0.25, 0.3) is 0 Å². The van der Waals surface area contributed by atoms with Gasteiger partial charge in [-0.05, 0) is 34.1 Å². The predicted octanol–water partition coefficient (Wildman–Crippen LogP) is 4.71. The van der Waals surface area contributed by atoms with Crippen LogP contribution in [0.15, 0.2) is 34.8 Å². The quantitative estimate of drug-likeness (QED) is 0.617. The smallest absolute Gasteiger partial charge is 0.147 e. The second kappa shape index (κ2) is 5.12. The van der Waals surface area contributed by atoms with Gasteiger partial charge in [-0.2, -0.15) is 0 Å². The highest BCUT2D eigenvalue weighted by atomic mass is 79.9. The third-order valence-corrected chi connectivity index (χ3v) is 3.24. The van der Waals surface area contributed by atoms with Crippen molar-refractivity contribution < 1.29 is 8.78 Å². The highest BCUT2D eigenvalue weighted by Gasteiger charge is 2.11. The molecular weight excluding hydrogens is 325 g/mol. The standard InChI is InChI=1S/C12H8BrClF2N2/c13-6-4-9(16)11(5-8(6)15)18-12-7(14)2-1-3-10(12)17/h1-5,18H,17H2. The number of halogens is 4. The third-order valence-electron chi connectivity index (χ3n) is 2.32. The van der Waals surface area contributed by atoms with Gasteiger partial charge in [0.1, 0.15) is 11.6 Å². The van der Waals surface area contributed by atoms with Crippen LogP contribution in [0.2, 0.25) is 5.02 Å². The second-order valence-corrected chi connectivity index (χ2v) is 4.84. The number of para-hydroxylation sites is 1. The molecule has 94 valence electrons. The lowest BCUT2D eigenvalue weighted by molar-refractivity contribution is 0.598. The fraction of sp³-hybridized carbons (Fsp3) is 0. The Kier molecular flexibility index (Phi) is 3.73. The van der Waals surface area contributed by atoms with Crippen LogP contribution < -0.4 is 11.1 Å². The number of nitrogens with two attached hydrogens (primary N) is 1. The van der Waals surface area contributed by atoms with Crippen LogP contribution >= 0.6 is 27.5 Å². The largest absolute Gasteiger partial charge is 0.397 e. The van der Waals surface area contributed by atoms with E-state index in [-0.39, 0.29) is 10.2 Å². The fourth-order valence-electron chi connectivity index (χ4n) is 1.43. The molecule has 2 nitrogen and oxygen atoms in total. The van der Waals surface area contributed by atoms with Crippen LogP contribution in [0.5, 0.6) is 0 Å². The molecule has 2 aromatic rings. The van der Waals surface area contributed by atoms with E-state index in [1.165, 1.54) is 0 Å². The number of nitrogens with one attached hydrogen (secondary N) is 1. The molecule has 6 heteroatoms. The molecule has 0 unspecified atom stereocenters. The maximum absolute atomic E-state index is 13.6. The summed E-state index contributed by atoms with van der Waals surface area (Å²) in [4.78, 5) is 0. The SMILES string of the molecule is Nc1cccc(Cl)c1Nc1cc(F)c(Br)cc1F. The van der Waals surface area contributed by atoms with Crippen molar-refractivity contribution >= 4 is 44.6 Å². The van der Waals surface area contributed by atoms with Crippen molar-refractivity contribution in [3.63, 3.8) is 0 Å². The Balaban J connectivity index is 2.43. The summed E-state index contributed by atoms with van der Waals surface area (Å²) in [6.07, 6.45) is 0. The molecule has 0 fully saturated rings. The normalized spacial score (nSPS) is 10.4. The van der Waals surface area contributed by atoms with Crippen molar-refractivity contribution in [3.8, 4) is 0 Å². The summed E-state index contributed by atoms with van der Waals surface area (Å²) >= 11 is 8.84. The molecule has 0 heterocycles. The van der Waals surface area contributed by atoms with E-state index >= 15 is 0 Å². The molecular formula is C12H8BrClF2N2. The Morgan fingerprint density at radius 1 is 1.17 bits per heavy atom. The fourth-order valence-corrected chi connectivity index (χ4v) is 1.97. The van der Waals surface area contributed by atoms with Gasteiger partial charge >= 0.3 is 0 Å². The molecule has 0 radical (unpaired) electrons. The zero-order valence-corrected chi connectivity index (χ0v) is 11.3. The molecule has 0 aliphatic carbocycles. The van der Waals surface area contributed by atoms with E-state index in [9.17, 15) is 8.78 Å². The molecule has 0 aromatic heterocycles. The lowest BCUT2D eigenvalue weighted by Gasteiger charge is -2.12. The van der Waals surface area contributed by atoms with Crippen molar-refractivity contribution in [2.75, 3.05) is 11.1 Å². The Morgan fingerprint density at radius 3 is 2.56 bits per heavy atom. The van der Waals surface area contributed by atoms with E-state index in [1.807, 2.05) is 0 Å². The zero-order chi connectivity index (χ0) is 13.3. The van der Waals surface area contributed by atoms with Crippen LogP contribution in [0, 0.1) is 11.6 Å². The first-order chi connectivity index (χ1) is 8.49. The highest BCUT2D eigenvalue weighted by Crippen LogP contribution is 2.33. The summed E-state index contributed by atoms with van der Waals surface area (Å²) in [7, 11) is 0. The van der Waals surface area contributed by atoms with Crippen molar-refractivity contribution in [2.24, 2.45) is 0 Å². The van der Waals surface area contributed by atoms with E-state index in [1.54, 1.807) is 18.2 Å². The topological polar surface area (TPSA) is 38.0 Å². The molecule has 0 atom stereocenters. The number of nitrogen functional groups attached to an aromatic ring is 1. The minimum Gasteiger partial charge on any atom is -0.397 e. The number of hydrogen-bond donors (Lipinski definition) is 2. The van der Waals surface area contributed by atoms with Gasteiger partial charge in [-0.3, -0.25) is 0 Å². The lowest BCUT2D eigenvalue weighted by Crippen LogP contribution is -2.00.